The van der Waals surface area contributed by atoms with Gasteiger partial charge in [0, 0.05) is 23.9 Å². The Hall–Kier alpha value is -2.36. The Morgan fingerprint density at radius 3 is 2.64 bits per heavy atom. The Balaban J connectivity index is 1.74. The number of hydrogen-bond donors (Lipinski definition) is 3. The van der Waals surface area contributed by atoms with Gasteiger partial charge in [0.1, 0.15) is 25.1 Å². The first-order valence-corrected chi connectivity index (χ1v) is 12.4. The number of para-hydroxylation sites is 1. The molecule has 0 fully saturated rings. The summed E-state index contributed by atoms with van der Waals surface area (Å²) in [6.45, 7) is 10.9. The Kier molecular flexibility index (Phi) is 11.4. The largest absolute Gasteiger partial charge is 0.491 e. The summed E-state index contributed by atoms with van der Waals surface area (Å²) in [5.74, 6) is 3.98. The quantitative estimate of drug-likeness (QED) is 0.203. The van der Waals surface area contributed by atoms with Gasteiger partial charge in [-0.2, -0.15) is 16.9 Å². The van der Waals surface area contributed by atoms with Gasteiger partial charge in [-0.25, -0.2) is 0 Å². The van der Waals surface area contributed by atoms with Crippen molar-refractivity contribution < 1.29 is 14.6 Å². The molecule has 0 bridgehead atoms. The first kappa shape index (κ1) is 26.9. The smallest absolute Gasteiger partial charge is 0.233 e. The van der Waals surface area contributed by atoms with Crippen LogP contribution in [0.5, 0.6) is 11.6 Å². The van der Waals surface area contributed by atoms with Crippen LogP contribution in [0.25, 0.3) is 0 Å². The second-order valence-corrected chi connectivity index (χ2v) is 9.89. The molecule has 1 unspecified atom stereocenters. The molecule has 0 aliphatic carbocycles. The molecule has 1 aromatic carbocycles. The highest BCUT2D eigenvalue weighted by Crippen LogP contribution is 2.20. The van der Waals surface area contributed by atoms with Crippen LogP contribution in [0.3, 0.4) is 0 Å². The molecule has 9 heteroatoms. The van der Waals surface area contributed by atoms with Crippen LogP contribution < -0.4 is 20.2 Å². The SMILES string of the molecule is CCSCCc1ccccc1OCC(O)CNC(C)(C)COc1ccc(NN=C(C)C)nn1. The third kappa shape index (κ3) is 10.9. The Morgan fingerprint density at radius 1 is 1.15 bits per heavy atom. The van der Waals surface area contributed by atoms with Gasteiger partial charge in [-0.05, 0) is 63.3 Å². The summed E-state index contributed by atoms with van der Waals surface area (Å²) in [6.07, 6.45) is 0.314. The summed E-state index contributed by atoms with van der Waals surface area (Å²) in [5, 5.41) is 25.9. The number of anilines is 1. The second kappa shape index (κ2) is 14.0. The third-order valence-electron chi connectivity index (χ3n) is 4.55. The van der Waals surface area contributed by atoms with Crippen molar-refractivity contribution in [1.29, 1.82) is 0 Å². The topological polar surface area (TPSA) is 101 Å². The Bertz CT molecular complexity index is 857. The number of aromatic nitrogens is 2. The Labute approximate surface area is 201 Å². The van der Waals surface area contributed by atoms with Crippen LogP contribution in [0.15, 0.2) is 41.5 Å². The number of rotatable bonds is 15. The van der Waals surface area contributed by atoms with Crippen molar-refractivity contribution >= 4 is 23.3 Å². The molecule has 1 aromatic heterocycles. The number of ether oxygens (including phenoxy) is 2. The number of hydrazone groups is 1. The zero-order valence-corrected chi connectivity index (χ0v) is 21.1. The number of thioether (sulfide) groups is 1. The van der Waals surface area contributed by atoms with E-state index >= 15 is 0 Å². The van der Waals surface area contributed by atoms with Crippen LogP contribution >= 0.6 is 11.8 Å². The highest BCUT2D eigenvalue weighted by atomic mass is 32.2. The van der Waals surface area contributed by atoms with Gasteiger partial charge in [-0.15, -0.1) is 10.2 Å². The fraction of sp³-hybridized carbons (Fsp3) is 0.542. The van der Waals surface area contributed by atoms with Gasteiger partial charge in [0.05, 0.1) is 0 Å². The molecular weight excluding hydrogens is 438 g/mol. The molecule has 0 saturated heterocycles. The number of aliphatic hydroxyl groups excluding tert-OH is 1. The normalized spacial score (nSPS) is 12.2. The molecule has 0 amide bonds. The molecule has 1 heterocycles. The molecule has 0 saturated carbocycles. The fourth-order valence-corrected chi connectivity index (χ4v) is 3.40. The van der Waals surface area contributed by atoms with Gasteiger partial charge in [0.15, 0.2) is 5.82 Å². The van der Waals surface area contributed by atoms with Gasteiger partial charge >= 0.3 is 0 Å². The van der Waals surface area contributed by atoms with Crippen LogP contribution in [0.2, 0.25) is 0 Å². The van der Waals surface area contributed by atoms with Crippen LogP contribution in [-0.2, 0) is 6.42 Å². The predicted octanol–water partition coefficient (Wildman–Crippen LogP) is 3.77. The van der Waals surface area contributed by atoms with E-state index in [0.717, 1.165) is 29.4 Å². The molecule has 8 nitrogen and oxygen atoms in total. The monoisotopic (exact) mass is 475 g/mol. The van der Waals surface area contributed by atoms with Crippen molar-refractivity contribution in [3.05, 3.63) is 42.0 Å². The highest BCUT2D eigenvalue weighted by Gasteiger charge is 2.20. The summed E-state index contributed by atoms with van der Waals surface area (Å²) in [4.78, 5) is 0. The molecule has 2 rings (SSSR count). The zero-order chi connectivity index (χ0) is 24.1. The first-order valence-electron chi connectivity index (χ1n) is 11.2. The maximum absolute atomic E-state index is 10.4. The van der Waals surface area contributed by atoms with Gasteiger partial charge in [-0.1, -0.05) is 25.1 Å². The molecular formula is C24H37N5O3S. The van der Waals surface area contributed by atoms with E-state index in [2.05, 4.69) is 39.0 Å². The van der Waals surface area contributed by atoms with E-state index < -0.39 is 6.10 Å². The number of aliphatic hydroxyl groups is 1. The molecule has 0 aliphatic heterocycles. The number of benzene rings is 1. The van der Waals surface area contributed by atoms with Crippen molar-refractivity contribution in [3.8, 4) is 11.6 Å². The zero-order valence-electron chi connectivity index (χ0n) is 20.3. The lowest BCUT2D eigenvalue weighted by Crippen LogP contribution is -2.48. The molecule has 33 heavy (non-hydrogen) atoms. The van der Waals surface area contributed by atoms with Crippen molar-refractivity contribution in [1.82, 2.24) is 15.5 Å². The maximum atomic E-state index is 10.4. The number of nitrogens with zero attached hydrogens (tertiary/aromatic N) is 3. The van der Waals surface area contributed by atoms with E-state index in [1.54, 1.807) is 12.1 Å². The van der Waals surface area contributed by atoms with E-state index in [0.29, 0.717) is 24.8 Å². The van der Waals surface area contributed by atoms with Crippen molar-refractivity contribution in [2.75, 3.05) is 36.7 Å². The van der Waals surface area contributed by atoms with E-state index in [-0.39, 0.29) is 12.1 Å². The fourth-order valence-electron chi connectivity index (χ4n) is 2.75. The molecule has 1 atom stereocenters. The van der Waals surface area contributed by atoms with E-state index in [1.165, 1.54) is 5.56 Å². The minimum absolute atomic E-state index is 0.224. The van der Waals surface area contributed by atoms with Gasteiger partial charge in [0.25, 0.3) is 0 Å². The number of nitrogens with one attached hydrogen (secondary N) is 2. The lowest BCUT2D eigenvalue weighted by atomic mass is 10.1. The van der Waals surface area contributed by atoms with Crippen molar-refractivity contribution in [3.63, 3.8) is 0 Å². The van der Waals surface area contributed by atoms with Crippen LogP contribution in [0, 0.1) is 0 Å². The molecule has 0 spiro atoms. The van der Waals surface area contributed by atoms with Gasteiger partial charge < -0.3 is 19.9 Å². The van der Waals surface area contributed by atoms with Crippen LogP contribution in [0.1, 0.15) is 40.2 Å². The minimum atomic E-state index is -0.643. The first-order chi connectivity index (χ1) is 15.8. The number of hydrogen-bond acceptors (Lipinski definition) is 9. The number of β-amino-alcohol motifs (C(OH)–C–C–N with tert-alkyl or cyclic N) is 1. The maximum Gasteiger partial charge on any atom is 0.233 e. The van der Waals surface area contributed by atoms with Crippen molar-refractivity contribution in [2.45, 2.75) is 52.7 Å². The van der Waals surface area contributed by atoms with E-state index in [1.807, 2.05) is 57.7 Å². The summed E-state index contributed by atoms with van der Waals surface area (Å²) in [6, 6.07) is 11.5. The average molecular weight is 476 g/mol. The molecule has 3 N–H and O–H groups in total. The van der Waals surface area contributed by atoms with Crippen LogP contribution in [-0.4, -0.2) is 63.9 Å². The Morgan fingerprint density at radius 2 is 1.94 bits per heavy atom. The lowest BCUT2D eigenvalue weighted by Gasteiger charge is -2.27. The highest BCUT2D eigenvalue weighted by molar-refractivity contribution is 7.99. The summed E-state index contributed by atoms with van der Waals surface area (Å²) >= 11 is 1.91. The van der Waals surface area contributed by atoms with Crippen molar-refractivity contribution in [2.24, 2.45) is 5.10 Å². The van der Waals surface area contributed by atoms with Gasteiger partial charge in [-0.3, -0.25) is 5.43 Å². The molecule has 0 radical (unpaired) electrons. The summed E-state index contributed by atoms with van der Waals surface area (Å²) in [7, 11) is 0. The molecule has 182 valence electrons. The molecule has 0 aliphatic rings. The second-order valence-electron chi connectivity index (χ2n) is 8.50. The van der Waals surface area contributed by atoms with Gasteiger partial charge in [0.2, 0.25) is 5.88 Å². The van der Waals surface area contributed by atoms with E-state index in [4.69, 9.17) is 9.47 Å². The standard InChI is InChI=1S/C24H37N5O3S/c1-6-33-14-13-19-9-7-8-10-21(19)31-16-20(30)15-25-24(4,5)17-32-23-12-11-22(28-29-23)27-26-18(2)3/h7-12,20,25,30H,6,13-17H2,1-5H3,(H,27,28). The van der Waals surface area contributed by atoms with Crippen LogP contribution in [0.4, 0.5) is 5.82 Å². The minimum Gasteiger partial charge on any atom is -0.491 e. The third-order valence-corrected chi connectivity index (χ3v) is 5.46. The summed E-state index contributed by atoms with van der Waals surface area (Å²) < 4.78 is 11.7. The molecule has 2 aromatic rings. The number of aryl methyl sites for hydroxylation is 1. The van der Waals surface area contributed by atoms with E-state index in [9.17, 15) is 5.11 Å². The summed E-state index contributed by atoms with van der Waals surface area (Å²) in [5.41, 5.74) is 4.51. The lowest BCUT2D eigenvalue weighted by molar-refractivity contribution is 0.0919. The average Bonchev–Trinajstić information content (AvgIpc) is 2.80. The predicted molar refractivity (Wildman–Crippen MR) is 137 cm³/mol.